The Balaban J connectivity index is 3.25. The van der Waals surface area contributed by atoms with Gasteiger partial charge in [0.2, 0.25) is 5.95 Å². The van der Waals surface area contributed by atoms with Gasteiger partial charge in [0.1, 0.15) is 5.69 Å². The van der Waals surface area contributed by atoms with Crippen molar-refractivity contribution in [2.75, 3.05) is 5.73 Å². The maximum atomic E-state index is 12.7. The van der Waals surface area contributed by atoms with E-state index in [1.807, 2.05) is 0 Å². The van der Waals surface area contributed by atoms with Crippen LogP contribution >= 0.6 is 0 Å². The number of alkyl halides is 2. The summed E-state index contributed by atoms with van der Waals surface area (Å²) in [4.78, 5) is 3.00. The lowest BCUT2D eigenvalue weighted by atomic mass is 10.1. The fourth-order valence-corrected chi connectivity index (χ4v) is 0.979. The summed E-state index contributed by atoms with van der Waals surface area (Å²) in [6.45, 7) is 0. The summed E-state index contributed by atoms with van der Waals surface area (Å²) in [5.41, 5.74) is 4.03. The molecule has 3 nitrogen and oxygen atoms in total. The topological polar surface area (TPSA) is 62.7 Å². The minimum Gasteiger partial charge on any atom is -0.395 e. The number of nitrogen functional groups attached to an aromatic ring is 1. The molecule has 0 amide bonds. The van der Waals surface area contributed by atoms with E-state index in [1.54, 1.807) is 6.07 Å². The third-order valence-electron chi connectivity index (χ3n) is 1.59. The number of halogens is 3. The molecular weight excluding hydrogens is 195 g/mol. The molecular formula is C8H6F3N3. The Labute approximate surface area is 78.0 Å². The van der Waals surface area contributed by atoms with Crippen molar-refractivity contribution >= 4 is 5.69 Å². The van der Waals surface area contributed by atoms with Gasteiger partial charge in [-0.1, -0.05) is 0 Å². The number of hydrogen-bond acceptors (Lipinski definition) is 3. The number of nitrogens with zero attached hydrogens (tertiary/aromatic N) is 2. The third-order valence-corrected chi connectivity index (χ3v) is 1.59. The van der Waals surface area contributed by atoms with Gasteiger partial charge < -0.3 is 5.73 Å². The van der Waals surface area contributed by atoms with E-state index in [0.29, 0.717) is 0 Å². The van der Waals surface area contributed by atoms with E-state index in [9.17, 15) is 13.2 Å². The molecule has 0 fully saturated rings. The van der Waals surface area contributed by atoms with E-state index in [1.165, 1.54) is 0 Å². The van der Waals surface area contributed by atoms with Crippen LogP contribution in [0.25, 0.3) is 0 Å². The molecule has 0 spiro atoms. The summed E-state index contributed by atoms with van der Waals surface area (Å²) in [6, 6.07) is 2.68. The van der Waals surface area contributed by atoms with Crippen LogP contribution in [0.1, 0.15) is 17.7 Å². The zero-order valence-electron chi connectivity index (χ0n) is 6.97. The molecule has 0 saturated heterocycles. The molecule has 0 aliphatic carbocycles. The van der Waals surface area contributed by atoms with Crippen LogP contribution in [0.3, 0.4) is 0 Å². The van der Waals surface area contributed by atoms with Crippen molar-refractivity contribution in [3.05, 3.63) is 23.3 Å². The Hall–Kier alpha value is -1.77. The third kappa shape index (κ3) is 1.93. The first kappa shape index (κ1) is 10.3. The molecule has 0 saturated carbocycles. The lowest BCUT2D eigenvalue weighted by Crippen LogP contribution is -2.04. The molecule has 0 unspecified atom stereocenters. The number of rotatable bonds is 2. The number of anilines is 1. The average molecular weight is 201 g/mol. The van der Waals surface area contributed by atoms with Gasteiger partial charge in [0.25, 0.3) is 6.43 Å². The highest BCUT2D eigenvalue weighted by Gasteiger charge is 2.17. The highest BCUT2D eigenvalue weighted by molar-refractivity contribution is 5.42. The van der Waals surface area contributed by atoms with E-state index in [2.05, 4.69) is 4.98 Å². The smallest absolute Gasteiger partial charge is 0.280 e. The van der Waals surface area contributed by atoms with E-state index < -0.39 is 18.1 Å². The molecule has 14 heavy (non-hydrogen) atoms. The van der Waals surface area contributed by atoms with Crippen LogP contribution < -0.4 is 5.73 Å². The lowest BCUT2D eigenvalue weighted by Gasteiger charge is -2.06. The highest BCUT2D eigenvalue weighted by atomic mass is 19.3. The van der Waals surface area contributed by atoms with E-state index in [-0.39, 0.29) is 17.7 Å². The van der Waals surface area contributed by atoms with Gasteiger partial charge in [-0.3, -0.25) is 0 Å². The molecule has 2 N–H and O–H groups in total. The van der Waals surface area contributed by atoms with Crippen LogP contribution in [0.2, 0.25) is 0 Å². The monoisotopic (exact) mass is 201 g/mol. The molecule has 0 aliphatic heterocycles. The fraction of sp³-hybridized carbons (Fsp3) is 0.250. The zero-order chi connectivity index (χ0) is 10.7. The molecule has 1 aromatic rings. The van der Waals surface area contributed by atoms with Crippen LogP contribution in [-0.2, 0) is 6.42 Å². The number of nitrogens with two attached hydrogens (primary N) is 1. The van der Waals surface area contributed by atoms with Crippen LogP contribution in [0, 0.1) is 17.3 Å². The minimum absolute atomic E-state index is 0.0404. The maximum absolute atomic E-state index is 12.7. The molecule has 74 valence electrons. The Morgan fingerprint density at radius 1 is 1.57 bits per heavy atom. The molecule has 6 heteroatoms. The van der Waals surface area contributed by atoms with Crippen molar-refractivity contribution in [3.8, 4) is 6.07 Å². The maximum Gasteiger partial charge on any atom is 0.280 e. The summed E-state index contributed by atoms with van der Waals surface area (Å²) >= 11 is 0. The Bertz CT molecular complexity index is 384. The van der Waals surface area contributed by atoms with Gasteiger partial charge in [0.05, 0.1) is 18.2 Å². The summed E-state index contributed by atoms with van der Waals surface area (Å²) in [6.07, 6.45) is -3.18. The van der Waals surface area contributed by atoms with Gasteiger partial charge in [-0.05, 0) is 11.6 Å². The normalized spacial score (nSPS) is 10.2. The first-order valence-electron chi connectivity index (χ1n) is 3.66. The standard InChI is InChI=1S/C8H6F3N3/c9-7(10)6-4(1-2-12)3-5(13)8(11)14-6/h3,7H,1,13H2. The minimum atomic E-state index is -2.91. The van der Waals surface area contributed by atoms with Crippen molar-refractivity contribution in [2.24, 2.45) is 0 Å². The van der Waals surface area contributed by atoms with Gasteiger partial charge in [-0.15, -0.1) is 0 Å². The summed E-state index contributed by atoms with van der Waals surface area (Å²) < 4.78 is 37.3. The fourth-order valence-electron chi connectivity index (χ4n) is 0.979. The van der Waals surface area contributed by atoms with E-state index in [0.717, 1.165) is 6.07 Å². The highest BCUT2D eigenvalue weighted by Crippen LogP contribution is 2.24. The number of pyridine rings is 1. The van der Waals surface area contributed by atoms with Crippen molar-refractivity contribution in [3.63, 3.8) is 0 Å². The number of aromatic nitrogens is 1. The van der Waals surface area contributed by atoms with Gasteiger partial charge in [-0.25, -0.2) is 13.8 Å². The quantitative estimate of drug-likeness (QED) is 0.742. The van der Waals surface area contributed by atoms with Crippen LogP contribution in [0.4, 0.5) is 18.9 Å². The van der Waals surface area contributed by atoms with Gasteiger partial charge in [0, 0.05) is 0 Å². The molecule has 1 heterocycles. The molecule has 0 radical (unpaired) electrons. The lowest BCUT2D eigenvalue weighted by molar-refractivity contribution is 0.144. The second kappa shape index (κ2) is 3.96. The SMILES string of the molecule is N#CCc1cc(N)c(F)nc1C(F)F. The van der Waals surface area contributed by atoms with Crippen molar-refractivity contribution in [1.82, 2.24) is 4.98 Å². The molecule has 0 bridgehead atoms. The number of nitriles is 1. The summed E-state index contributed by atoms with van der Waals surface area (Å²) in [5.74, 6) is -1.14. The van der Waals surface area contributed by atoms with Crippen molar-refractivity contribution < 1.29 is 13.2 Å². The average Bonchev–Trinajstić information content (AvgIpc) is 2.11. The molecule has 0 aromatic carbocycles. The van der Waals surface area contributed by atoms with Crippen LogP contribution in [0.15, 0.2) is 6.07 Å². The predicted molar refractivity (Wildman–Crippen MR) is 42.9 cm³/mol. The first-order chi connectivity index (χ1) is 6.56. The van der Waals surface area contributed by atoms with Gasteiger partial charge in [-0.2, -0.15) is 9.65 Å². The van der Waals surface area contributed by atoms with Crippen LogP contribution in [-0.4, -0.2) is 4.98 Å². The van der Waals surface area contributed by atoms with Crippen molar-refractivity contribution in [2.45, 2.75) is 12.8 Å². The first-order valence-corrected chi connectivity index (χ1v) is 3.66. The predicted octanol–water partition coefficient (Wildman–Crippen LogP) is 1.81. The Morgan fingerprint density at radius 2 is 2.21 bits per heavy atom. The van der Waals surface area contributed by atoms with E-state index in [4.69, 9.17) is 11.0 Å². The zero-order valence-corrected chi connectivity index (χ0v) is 6.97. The molecule has 1 rings (SSSR count). The Kier molecular flexibility index (Phi) is 2.92. The van der Waals surface area contributed by atoms with E-state index >= 15 is 0 Å². The van der Waals surface area contributed by atoms with Gasteiger partial charge >= 0.3 is 0 Å². The van der Waals surface area contributed by atoms with Crippen molar-refractivity contribution in [1.29, 1.82) is 5.26 Å². The summed E-state index contributed by atoms with van der Waals surface area (Å²) in [5, 5.41) is 8.33. The number of hydrogen-bond donors (Lipinski definition) is 1. The molecule has 0 atom stereocenters. The molecule has 0 aliphatic rings. The largest absolute Gasteiger partial charge is 0.395 e. The summed E-state index contributed by atoms with van der Waals surface area (Å²) in [7, 11) is 0. The van der Waals surface area contributed by atoms with Crippen LogP contribution in [0.5, 0.6) is 0 Å². The second-order valence-corrected chi connectivity index (χ2v) is 2.55. The van der Waals surface area contributed by atoms with Gasteiger partial charge in [0.15, 0.2) is 0 Å². The second-order valence-electron chi connectivity index (χ2n) is 2.55. The molecule has 1 aromatic heterocycles. The Morgan fingerprint density at radius 3 is 2.71 bits per heavy atom.